The third-order valence-electron chi connectivity index (χ3n) is 6.67. The maximum absolute atomic E-state index is 4.75. The first-order chi connectivity index (χ1) is 13.8. The molecule has 0 atom stereocenters. The SMILES string of the molecule is CCCCc1ccc(-c2ccc(CCC3CCC(CCCC)CC3)cn2)cc1. The number of hydrogen-bond acceptors (Lipinski definition) is 1. The summed E-state index contributed by atoms with van der Waals surface area (Å²) in [4.78, 5) is 4.75. The first kappa shape index (κ1) is 21.1. The van der Waals surface area contributed by atoms with Crippen molar-refractivity contribution in [1.82, 2.24) is 4.98 Å². The number of unbranched alkanes of at least 4 members (excludes halogenated alkanes) is 2. The van der Waals surface area contributed by atoms with Gasteiger partial charge in [0.25, 0.3) is 0 Å². The quantitative estimate of drug-likeness (QED) is 0.408. The van der Waals surface area contributed by atoms with Crippen LogP contribution >= 0.6 is 0 Å². The third-order valence-corrected chi connectivity index (χ3v) is 6.67. The molecule has 1 nitrogen and oxygen atoms in total. The Morgan fingerprint density at radius 2 is 1.36 bits per heavy atom. The Hall–Kier alpha value is -1.63. The minimum atomic E-state index is 0.938. The molecule has 2 aromatic rings. The standard InChI is InChI=1S/C27H39N/c1-3-5-7-22-9-11-24(12-10-22)13-14-25-17-20-27(28-21-25)26-18-15-23(16-19-26)8-6-4-2/h15-22,24H,3-14H2,1-2H3. The fourth-order valence-corrected chi connectivity index (χ4v) is 4.64. The molecule has 1 heteroatoms. The van der Waals surface area contributed by atoms with Gasteiger partial charge < -0.3 is 0 Å². The van der Waals surface area contributed by atoms with Gasteiger partial charge in [-0.05, 0) is 54.7 Å². The highest BCUT2D eigenvalue weighted by molar-refractivity contribution is 5.59. The summed E-state index contributed by atoms with van der Waals surface area (Å²) >= 11 is 0. The van der Waals surface area contributed by atoms with E-state index in [1.807, 2.05) is 0 Å². The van der Waals surface area contributed by atoms with Gasteiger partial charge >= 0.3 is 0 Å². The molecule has 3 rings (SSSR count). The van der Waals surface area contributed by atoms with Crippen molar-refractivity contribution in [2.75, 3.05) is 0 Å². The van der Waals surface area contributed by atoms with Gasteiger partial charge in [-0.1, -0.05) is 95.5 Å². The molecular weight excluding hydrogens is 338 g/mol. The molecule has 1 aromatic heterocycles. The molecule has 1 fully saturated rings. The minimum absolute atomic E-state index is 0.938. The fourth-order valence-electron chi connectivity index (χ4n) is 4.64. The van der Waals surface area contributed by atoms with E-state index in [2.05, 4.69) is 56.4 Å². The van der Waals surface area contributed by atoms with Crippen molar-refractivity contribution in [3.05, 3.63) is 53.7 Å². The number of benzene rings is 1. The number of hydrogen-bond donors (Lipinski definition) is 0. The van der Waals surface area contributed by atoms with E-state index in [9.17, 15) is 0 Å². The minimum Gasteiger partial charge on any atom is -0.256 e. The van der Waals surface area contributed by atoms with E-state index < -0.39 is 0 Å². The topological polar surface area (TPSA) is 12.9 Å². The van der Waals surface area contributed by atoms with E-state index in [1.54, 1.807) is 0 Å². The first-order valence-corrected chi connectivity index (χ1v) is 11.8. The van der Waals surface area contributed by atoms with Crippen LogP contribution in [0, 0.1) is 11.8 Å². The monoisotopic (exact) mass is 377 g/mol. The second kappa shape index (κ2) is 11.4. The average Bonchev–Trinajstić information content (AvgIpc) is 2.76. The van der Waals surface area contributed by atoms with Gasteiger partial charge in [-0.25, -0.2) is 0 Å². The van der Waals surface area contributed by atoms with Crippen LogP contribution in [0.3, 0.4) is 0 Å². The molecule has 0 N–H and O–H groups in total. The van der Waals surface area contributed by atoms with Gasteiger partial charge in [0.1, 0.15) is 0 Å². The first-order valence-electron chi connectivity index (χ1n) is 11.8. The number of aryl methyl sites for hydroxylation is 2. The zero-order valence-electron chi connectivity index (χ0n) is 18.1. The van der Waals surface area contributed by atoms with Gasteiger partial charge in [0.2, 0.25) is 0 Å². The molecule has 0 amide bonds. The van der Waals surface area contributed by atoms with Crippen LogP contribution in [-0.2, 0) is 12.8 Å². The van der Waals surface area contributed by atoms with Crippen molar-refractivity contribution in [3.8, 4) is 11.3 Å². The maximum Gasteiger partial charge on any atom is 0.0702 e. The van der Waals surface area contributed by atoms with Crippen LogP contribution in [0.5, 0.6) is 0 Å². The summed E-state index contributed by atoms with van der Waals surface area (Å²) in [7, 11) is 0. The van der Waals surface area contributed by atoms with E-state index in [0.29, 0.717) is 0 Å². The van der Waals surface area contributed by atoms with Crippen LogP contribution in [0.1, 0.15) is 89.2 Å². The predicted octanol–water partition coefficient (Wildman–Crippen LogP) is 8.02. The Labute approximate surface area is 173 Å². The van der Waals surface area contributed by atoms with Crippen LogP contribution in [0.25, 0.3) is 11.3 Å². The summed E-state index contributed by atoms with van der Waals surface area (Å²) in [5.74, 6) is 1.96. The lowest BCUT2D eigenvalue weighted by Crippen LogP contribution is -2.15. The van der Waals surface area contributed by atoms with Crippen LogP contribution in [0.15, 0.2) is 42.6 Å². The van der Waals surface area contributed by atoms with E-state index in [4.69, 9.17) is 4.98 Å². The molecule has 0 aliphatic heterocycles. The molecule has 0 radical (unpaired) electrons. The Morgan fingerprint density at radius 3 is 1.96 bits per heavy atom. The average molecular weight is 378 g/mol. The van der Waals surface area contributed by atoms with Crippen molar-refractivity contribution in [2.45, 2.75) is 90.9 Å². The van der Waals surface area contributed by atoms with Gasteiger partial charge in [0, 0.05) is 11.8 Å². The molecular formula is C27H39N. The Balaban J connectivity index is 1.44. The van der Waals surface area contributed by atoms with Gasteiger partial charge in [-0.15, -0.1) is 0 Å². The molecule has 1 aromatic carbocycles. The Bertz CT molecular complexity index is 662. The fraction of sp³-hybridized carbons (Fsp3) is 0.593. The predicted molar refractivity (Wildman–Crippen MR) is 122 cm³/mol. The van der Waals surface area contributed by atoms with Crippen LogP contribution in [0.4, 0.5) is 0 Å². The Morgan fingerprint density at radius 1 is 0.714 bits per heavy atom. The molecule has 152 valence electrons. The molecule has 0 unspecified atom stereocenters. The molecule has 1 aliphatic carbocycles. The molecule has 1 saturated carbocycles. The van der Waals surface area contributed by atoms with E-state index in [1.165, 1.54) is 93.7 Å². The second-order valence-electron chi connectivity index (χ2n) is 8.92. The number of pyridine rings is 1. The summed E-state index contributed by atoms with van der Waals surface area (Å²) in [5, 5.41) is 0. The van der Waals surface area contributed by atoms with E-state index in [0.717, 1.165) is 17.5 Å². The van der Waals surface area contributed by atoms with Crippen molar-refractivity contribution in [3.63, 3.8) is 0 Å². The van der Waals surface area contributed by atoms with Gasteiger partial charge in [-0.3, -0.25) is 4.98 Å². The summed E-state index contributed by atoms with van der Waals surface area (Å²) in [6.07, 6.45) is 18.4. The molecule has 0 bridgehead atoms. The molecule has 0 saturated heterocycles. The molecule has 28 heavy (non-hydrogen) atoms. The second-order valence-corrected chi connectivity index (χ2v) is 8.92. The lowest BCUT2D eigenvalue weighted by atomic mass is 9.78. The molecule has 1 heterocycles. The van der Waals surface area contributed by atoms with Gasteiger partial charge in [0.05, 0.1) is 5.69 Å². The molecule has 0 spiro atoms. The highest BCUT2D eigenvalue weighted by Gasteiger charge is 2.20. The zero-order valence-corrected chi connectivity index (χ0v) is 18.1. The van der Waals surface area contributed by atoms with Crippen LogP contribution in [0.2, 0.25) is 0 Å². The summed E-state index contributed by atoms with van der Waals surface area (Å²) in [6, 6.07) is 13.5. The van der Waals surface area contributed by atoms with Crippen molar-refractivity contribution >= 4 is 0 Å². The van der Waals surface area contributed by atoms with Crippen LogP contribution < -0.4 is 0 Å². The third kappa shape index (κ3) is 6.47. The normalized spacial score (nSPS) is 19.6. The largest absolute Gasteiger partial charge is 0.256 e. The maximum atomic E-state index is 4.75. The summed E-state index contributed by atoms with van der Waals surface area (Å²) in [6.45, 7) is 4.56. The van der Waals surface area contributed by atoms with Crippen molar-refractivity contribution in [1.29, 1.82) is 0 Å². The smallest absolute Gasteiger partial charge is 0.0702 e. The van der Waals surface area contributed by atoms with Crippen molar-refractivity contribution < 1.29 is 0 Å². The van der Waals surface area contributed by atoms with Crippen molar-refractivity contribution in [2.24, 2.45) is 11.8 Å². The van der Waals surface area contributed by atoms with Gasteiger partial charge in [-0.2, -0.15) is 0 Å². The van der Waals surface area contributed by atoms with E-state index >= 15 is 0 Å². The number of aromatic nitrogens is 1. The Kier molecular flexibility index (Phi) is 8.58. The number of nitrogens with zero attached hydrogens (tertiary/aromatic N) is 1. The highest BCUT2D eigenvalue weighted by Crippen LogP contribution is 2.34. The lowest BCUT2D eigenvalue weighted by molar-refractivity contribution is 0.250. The summed E-state index contributed by atoms with van der Waals surface area (Å²) in [5.41, 5.74) is 5.17. The van der Waals surface area contributed by atoms with E-state index in [-0.39, 0.29) is 0 Å². The number of rotatable bonds is 10. The van der Waals surface area contributed by atoms with Gasteiger partial charge in [0.15, 0.2) is 0 Å². The lowest BCUT2D eigenvalue weighted by Gasteiger charge is -2.28. The molecule has 1 aliphatic rings. The highest BCUT2D eigenvalue weighted by atomic mass is 14.7. The zero-order chi connectivity index (χ0) is 19.6. The van der Waals surface area contributed by atoms with Crippen LogP contribution in [-0.4, -0.2) is 4.98 Å². The summed E-state index contributed by atoms with van der Waals surface area (Å²) < 4.78 is 0.